The number of rotatable bonds is 3. The Morgan fingerprint density at radius 3 is 2.70 bits per heavy atom. The van der Waals surface area contributed by atoms with Gasteiger partial charge in [0.25, 0.3) is 5.91 Å². The van der Waals surface area contributed by atoms with E-state index < -0.39 is 5.54 Å². The van der Waals surface area contributed by atoms with Crippen LogP contribution in [0.25, 0.3) is 10.2 Å². The number of anilines is 1. The van der Waals surface area contributed by atoms with Crippen molar-refractivity contribution < 1.29 is 9.59 Å². The number of carbonyl (C=O) groups excluding carboxylic acids is 2. The molecule has 1 fully saturated rings. The minimum atomic E-state index is -0.998. The quantitative estimate of drug-likeness (QED) is 0.655. The van der Waals surface area contributed by atoms with Crippen LogP contribution in [0.2, 0.25) is 0 Å². The molecule has 1 atom stereocenters. The Morgan fingerprint density at radius 2 is 1.93 bits per heavy atom. The molecule has 1 saturated carbocycles. The summed E-state index contributed by atoms with van der Waals surface area (Å²) in [6.07, 6.45) is 5.58. The number of fused-ring (bicyclic) bond motifs is 3. The maximum atomic E-state index is 13.8. The van der Waals surface area contributed by atoms with Crippen LogP contribution < -0.4 is 10.2 Å². The largest absolute Gasteiger partial charge is 0.351 e. The summed E-state index contributed by atoms with van der Waals surface area (Å²) in [5.74, 6) is -0.172. The van der Waals surface area contributed by atoms with Gasteiger partial charge in [-0.25, -0.2) is 0 Å². The van der Waals surface area contributed by atoms with E-state index in [0.717, 1.165) is 47.2 Å². The first-order valence-electron chi connectivity index (χ1n) is 10.8. The Hall–Kier alpha value is -2.60. The fourth-order valence-corrected chi connectivity index (χ4v) is 5.81. The van der Waals surface area contributed by atoms with Crippen LogP contribution in [0, 0.1) is 6.92 Å². The molecule has 1 aliphatic heterocycles. The molecule has 156 valence electrons. The van der Waals surface area contributed by atoms with Gasteiger partial charge in [0.15, 0.2) is 0 Å². The summed E-state index contributed by atoms with van der Waals surface area (Å²) in [6, 6.07) is 12.0. The average molecular weight is 422 g/mol. The van der Waals surface area contributed by atoms with E-state index in [2.05, 4.69) is 5.32 Å². The number of para-hydroxylation sites is 1. The molecule has 30 heavy (non-hydrogen) atoms. The highest BCUT2D eigenvalue weighted by atomic mass is 32.1. The summed E-state index contributed by atoms with van der Waals surface area (Å²) in [5, 5.41) is 5.33. The zero-order chi connectivity index (χ0) is 20.9. The Morgan fingerprint density at radius 1 is 1.17 bits per heavy atom. The molecule has 5 rings (SSSR count). The summed E-state index contributed by atoms with van der Waals surface area (Å²) in [4.78, 5) is 29.2. The van der Waals surface area contributed by atoms with Crippen LogP contribution in [-0.2, 0) is 11.3 Å². The minimum Gasteiger partial charge on any atom is -0.351 e. The molecule has 1 N–H and O–H groups in total. The standard InChI is InChI=1S/C24H27N3O2S/c1-16-8-6-7-11-18(16)27-22(28)20-14-21-19(12-13-30-21)26(20)15-24(27,2)23(29)25-17-9-4-3-5-10-17/h6-8,11-14,17H,3-5,9-10,15H2,1-2H3,(H,25,29). The van der Waals surface area contributed by atoms with Crippen LogP contribution >= 0.6 is 11.3 Å². The van der Waals surface area contributed by atoms with Crippen molar-refractivity contribution in [2.24, 2.45) is 0 Å². The van der Waals surface area contributed by atoms with Gasteiger partial charge in [-0.15, -0.1) is 11.3 Å². The van der Waals surface area contributed by atoms with Crippen molar-refractivity contribution in [2.75, 3.05) is 4.90 Å². The van der Waals surface area contributed by atoms with Gasteiger partial charge in [-0.1, -0.05) is 37.5 Å². The maximum Gasteiger partial charge on any atom is 0.275 e. The van der Waals surface area contributed by atoms with E-state index in [-0.39, 0.29) is 17.9 Å². The molecule has 2 aliphatic rings. The molecule has 0 spiro atoms. The molecule has 3 heterocycles. The number of nitrogens with zero attached hydrogens (tertiary/aromatic N) is 2. The number of benzene rings is 1. The molecule has 0 bridgehead atoms. The lowest BCUT2D eigenvalue weighted by Crippen LogP contribution is -2.65. The molecule has 0 radical (unpaired) electrons. The number of aromatic nitrogens is 1. The van der Waals surface area contributed by atoms with Crippen molar-refractivity contribution in [1.29, 1.82) is 0 Å². The molecule has 3 aromatic rings. The molecule has 2 amide bonds. The third-order valence-corrected chi connectivity index (χ3v) is 7.54. The van der Waals surface area contributed by atoms with Gasteiger partial charge >= 0.3 is 0 Å². The molecule has 6 heteroatoms. The van der Waals surface area contributed by atoms with Gasteiger partial charge in [0, 0.05) is 11.7 Å². The van der Waals surface area contributed by atoms with Crippen LogP contribution in [0.4, 0.5) is 5.69 Å². The zero-order valence-electron chi connectivity index (χ0n) is 17.5. The molecule has 2 aromatic heterocycles. The van der Waals surface area contributed by atoms with E-state index in [4.69, 9.17) is 0 Å². The van der Waals surface area contributed by atoms with E-state index in [1.807, 2.05) is 60.2 Å². The van der Waals surface area contributed by atoms with E-state index in [0.29, 0.717) is 12.2 Å². The highest BCUT2D eigenvalue weighted by Gasteiger charge is 2.49. The Labute approximate surface area is 180 Å². The third-order valence-electron chi connectivity index (χ3n) is 6.69. The van der Waals surface area contributed by atoms with E-state index in [1.165, 1.54) is 6.42 Å². The van der Waals surface area contributed by atoms with Crippen molar-refractivity contribution >= 4 is 39.1 Å². The van der Waals surface area contributed by atoms with Crippen LogP contribution in [0.1, 0.15) is 55.1 Å². The van der Waals surface area contributed by atoms with Gasteiger partial charge < -0.3 is 9.88 Å². The van der Waals surface area contributed by atoms with Gasteiger partial charge in [0.05, 0.1) is 16.8 Å². The predicted molar refractivity (Wildman–Crippen MR) is 121 cm³/mol. The predicted octanol–water partition coefficient (Wildman–Crippen LogP) is 4.88. The van der Waals surface area contributed by atoms with Crippen molar-refractivity contribution in [3.8, 4) is 0 Å². The van der Waals surface area contributed by atoms with Crippen molar-refractivity contribution in [3.63, 3.8) is 0 Å². The molecular weight excluding hydrogens is 394 g/mol. The number of aryl methyl sites for hydroxylation is 1. The van der Waals surface area contributed by atoms with E-state index >= 15 is 0 Å². The number of carbonyl (C=O) groups is 2. The van der Waals surface area contributed by atoms with Gasteiger partial charge in [0.2, 0.25) is 5.91 Å². The SMILES string of the molecule is Cc1ccccc1N1C(=O)c2cc3sccc3n2CC1(C)C(=O)NC1CCCCC1. The average Bonchev–Trinajstić information content (AvgIpc) is 3.33. The highest BCUT2D eigenvalue weighted by Crippen LogP contribution is 2.38. The lowest BCUT2D eigenvalue weighted by atomic mass is 9.90. The number of amides is 2. The van der Waals surface area contributed by atoms with Crippen LogP contribution in [0.5, 0.6) is 0 Å². The maximum absolute atomic E-state index is 13.8. The second-order valence-corrected chi connectivity index (χ2v) is 9.74. The van der Waals surface area contributed by atoms with Gasteiger partial charge in [-0.2, -0.15) is 0 Å². The molecule has 1 aromatic carbocycles. The normalized spacial score (nSPS) is 22.3. The summed E-state index contributed by atoms with van der Waals surface area (Å²) < 4.78 is 3.11. The second-order valence-electron chi connectivity index (χ2n) is 8.80. The second kappa shape index (κ2) is 7.27. The third kappa shape index (κ3) is 2.97. The summed E-state index contributed by atoms with van der Waals surface area (Å²) in [5.41, 5.74) is 2.48. The zero-order valence-corrected chi connectivity index (χ0v) is 18.3. The molecule has 1 aliphatic carbocycles. The number of thiophene rings is 1. The molecule has 0 saturated heterocycles. The smallest absolute Gasteiger partial charge is 0.275 e. The first-order valence-corrected chi connectivity index (χ1v) is 11.6. The monoisotopic (exact) mass is 421 g/mol. The van der Waals surface area contributed by atoms with Crippen LogP contribution in [0.15, 0.2) is 41.8 Å². The fourth-order valence-electron chi connectivity index (χ4n) is 4.99. The highest BCUT2D eigenvalue weighted by molar-refractivity contribution is 7.17. The molecule has 1 unspecified atom stereocenters. The lowest BCUT2D eigenvalue weighted by molar-refractivity contribution is -0.127. The van der Waals surface area contributed by atoms with E-state index in [9.17, 15) is 9.59 Å². The van der Waals surface area contributed by atoms with E-state index in [1.54, 1.807) is 16.2 Å². The molecular formula is C24H27N3O2S. The Bertz CT molecular complexity index is 1120. The summed E-state index contributed by atoms with van der Waals surface area (Å²) >= 11 is 1.63. The van der Waals surface area contributed by atoms with Crippen LogP contribution in [0.3, 0.4) is 0 Å². The minimum absolute atomic E-state index is 0.0614. The van der Waals surface area contributed by atoms with Gasteiger partial charge in [-0.05, 0) is 55.8 Å². The first kappa shape index (κ1) is 19.4. The summed E-state index contributed by atoms with van der Waals surface area (Å²) in [6.45, 7) is 4.35. The number of nitrogens with one attached hydrogen (secondary N) is 1. The van der Waals surface area contributed by atoms with Crippen molar-refractivity contribution in [3.05, 3.63) is 53.0 Å². The summed E-state index contributed by atoms with van der Waals surface area (Å²) in [7, 11) is 0. The van der Waals surface area contributed by atoms with Crippen LogP contribution in [-0.4, -0.2) is 28.0 Å². The molecule has 5 nitrogen and oxygen atoms in total. The lowest BCUT2D eigenvalue weighted by Gasteiger charge is -2.45. The topological polar surface area (TPSA) is 54.3 Å². The Balaban J connectivity index is 1.61. The number of hydrogen-bond acceptors (Lipinski definition) is 3. The van der Waals surface area contributed by atoms with Gasteiger partial charge in [-0.3, -0.25) is 14.5 Å². The van der Waals surface area contributed by atoms with Crippen molar-refractivity contribution in [2.45, 2.75) is 64.1 Å². The number of hydrogen-bond donors (Lipinski definition) is 1. The first-order chi connectivity index (χ1) is 14.5. The Kier molecular flexibility index (Phi) is 4.69. The van der Waals surface area contributed by atoms with Crippen molar-refractivity contribution in [1.82, 2.24) is 9.88 Å². The van der Waals surface area contributed by atoms with Gasteiger partial charge in [0.1, 0.15) is 11.2 Å². The fraction of sp³-hybridized carbons (Fsp3) is 0.417.